The molecule has 0 spiro atoms. The second-order valence-corrected chi connectivity index (χ2v) is 5.92. The van der Waals surface area contributed by atoms with Crippen LogP contribution in [0.1, 0.15) is 24.3 Å². The van der Waals surface area contributed by atoms with Crippen molar-refractivity contribution in [2.75, 3.05) is 19.7 Å². The second-order valence-electron chi connectivity index (χ2n) is 4.89. The zero-order chi connectivity index (χ0) is 16.3. The highest BCUT2D eigenvalue weighted by atomic mass is 127. The van der Waals surface area contributed by atoms with Gasteiger partial charge in [0.15, 0.2) is 5.96 Å². The molecule has 2 heterocycles. The van der Waals surface area contributed by atoms with Crippen LogP contribution in [0, 0.1) is 0 Å². The van der Waals surface area contributed by atoms with Gasteiger partial charge in [0.2, 0.25) is 5.88 Å². The lowest BCUT2D eigenvalue weighted by Crippen LogP contribution is -2.38. The minimum atomic E-state index is 0. The summed E-state index contributed by atoms with van der Waals surface area (Å²) >= 11 is 1.78. The van der Waals surface area contributed by atoms with E-state index in [1.165, 1.54) is 4.88 Å². The summed E-state index contributed by atoms with van der Waals surface area (Å²) in [7, 11) is 0. The van der Waals surface area contributed by atoms with Crippen LogP contribution in [0.4, 0.5) is 0 Å². The summed E-state index contributed by atoms with van der Waals surface area (Å²) in [6.45, 7) is 6.94. The van der Waals surface area contributed by atoms with E-state index in [-0.39, 0.29) is 24.0 Å². The second kappa shape index (κ2) is 12.1. The fourth-order valence-corrected chi connectivity index (χ4v) is 2.76. The molecule has 0 aliphatic rings. The first kappa shape index (κ1) is 20.7. The van der Waals surface area contributed by atoms with Crippen LogP contribution in [0.5, 0.6) is 5.88 Å². The van der Waals surface area contributed by atoms with E-state index in [4.69, 9.17) is 4.74 Å². The van der Waals surface area contributed by atoms with E-state index >= 15 is 0 Å². The Kier molecular flexibility index (Phi) is 10.4. The average molecular weight is 460 g/mol. The van der Waals surface area contributed by atoms with Crippen molar-refractivity contribution in [3.8, 4) is 5.88 Å². The van der Waals surface area contributed by atoms with Gasteiger partial charge in [0.25, 0.3) is 0 Å². The minimum absolute atomic E-state index is 0. The van der Waals surface area contributed by atoms with E-state index in [1.54, 1.807) is 17.5 Å². The fraction of sp³-hybridized carbons (Fsp3) is 0.412. The van der Waals surface area contributed by atoms with Gasteiger partial charge in [-0.05, 0) is 43.3 Å². The number of aliphatic imine (C=N–C) groups is 1. The molecule has 0 aliphatic carbocycles. The highest BCUT2D eigenvalue weighted by Crippen LogP contribution is 2.10. The van der Waals surface area contributed by atoms with Gasteiger partial charge in [0.05, 0.1) is 13.2 Å². The van der Waals surface area contributed by atoms with Gasteiger partial charge in [-0.2, -0.15) is 0 Å². The third kappa shape index (κ3) is 7.48. The maximum atomic E-state index is 5.42. The lowest BCUT2D eigenvalue weighted by Gasteiger charge is -2.11. The number of hydrogen-bond donors (Lipinski definition) is 2. The molecule has 0 atom stereocenters. The standard InChI is InChI=1S/C17H24N4OS.HI/c1-3-18-17(20-10-8-15-6-5-11-23-15)21-13-14-7-9-19-16(12-14)22-4-2;/h5-7,9,11-12H,3-4,8,10,13H2,1-2H3,(H2,18,20,21);1H. The Bertz CT molecular complexity index is 604. The third-order valence-corrected chi connectivity index (χ3v) is 4.04. The number of pyridine rings is 1. The summed E-state index contributed by atoms with van der Waals surface area (Å²) in [6, 6.07) is 8.13. The molecule has 0 saturated carbocycles. The van der Waals surface area contributed by atoms with Crippen molar-refractivity contribution < 1.29 is 4.74 Å². The molecule has 2 N–H and O–H groups in total. The number of nitrogens with zero attached hydrogens (tertiary/aromatic N) is 2. The molecule has 0 saturated heterocycles. The van der Waals surface area contributed by atoms with Crippen molar-refractivity contribution in [1.82, 2.24) is 15.6 Å². The zero-order valence-electron chi connectivity index (χ0n) is 14.1. The largest absolute Gasteiger partial charge is 0.478 e. The van der Waals surface area contributed by atoms with Gasteiger partial charge in [0.1, 0.15) is 0 Å². The molecule has 0 unspecified atom stereocenters. The van der Waals surface area contributed by atoms with E-state index in [0.29, 0.717) is 19.0 Å². The number of aromatic nitrogens is 1. The molecule has 0 aromatic carbocycles. The van der Waals surface area contributed by atoms with Crippen molar-refractivity contribution in [3.05, 3.63) is 46.3 Å². The first-order chi connectivity index (χ1) is 11.3. The van der Waals surface area contributed by atoms with E-state index in [1.807, 2.05) is 19.1 Å². The normalized spacial score (nSPS) is 10.8. The van der Waals surface area contributed by atoms with Crippen LogP contribution in [0.3, 0.4) is 0 Å². The SMILES string of the molecule is CCNC(=NCc1ccnc(OCC)c1)NCCc1cccs1.I. The van der Waals surface area contributed by atoms with Crippen LogP contribution in [0.15, 0.2) is 40.8 Å². The zero-order valence-corrected chi connectivity index (χ0v) is 17.3. The summed E-state index contributed by atoms with van der Waals surface area (Å²) in [4.78, 5) is 10.2. The summed E-state index contributed by atoms with van der Waals surface area (Å²) in [5.41, 5.74) is 1.08. The Hall–Kier alpha value is -1.35. The van der Waals surface area contributed by atoms with E-state index < -0.39 is 0 Å². The van der Waals surface area contributed by atoms with Crippen LogP contribution >= 0.6 is 35.3 Å². The maximum absolute atomic E-state index is 5.42. The number of hydrogen-bond acceptors (Lipinski definition) is 4. The van der Waals surface area contributed by atoms with Gasteiger partial charge >= 0.3 is 0 Å². The van der Waals surface area contributed by atoms with Crippen LogP contribution in [0.25, 0.3) is 0 Å². The molecule has 24 heavy (non-hydrogen) atoms. The lowest BCUT2D eigenvalue weighted by atomic mass is 10.3. The average Bonchev–Trinajstić information content (AvgIpc) is 3.07. The number of ether oxygens (including phenoxy) is 1. The number of halogens is 1. The molecule has 5 nitrogen and oxygen atoms in total. The quantitative estimate of drug-likeness (QED) is 0.360. The van der Waals surface area contributed by atoms with Crippen molar-refractivity contribution in [1.29, 1.82) is 0 Å². The topological polar surface area (TPSA) is 58.5 Å². The molecular formula is C17H25IN4OS. The van der Waals surface area contributed by atoms with Gasteiger partial charge in [-0.25, -0.2) is 9.98 Å². The Morgan fingerprint density at radius 1 is 1.29 bits per heavy atom. The van der Waals surface area contributed by atoms with E-state index in [9.17, 15) is 0 Å². The van der Waals surface area contributed by atoms with Crippen LogP contribution in [-0.4, -0.2) is 30.6 Å². The summed E-state index contributed by atoms with van der Waals surface area (Å²) in [5, 5.41) is 8.74. The van der Waals surface area contributed by atoms with Crippen LogP contribution in [-0.2, 0) is 13.0 Å². The van der Waals surface area contributed by atoms with Crippen LogP contribution < -0.4 is 15.4 Å². The Morgan fingerprint density at radius 3 is 2.88 bits per heavy atom. The Morgan fingerprint density at radius 2 is 2.17 bits per heavy atom. The number of rotatable bonds is 8. The van der Waals surface area contributed by atoms with Gasteiger partial charge in [-0.15, -0.1) is 35.3 Å². The van der Waals surface area contributed by atoms with Crippen molar-refractivity contribution in [2.45, 2.75) is 26.8 Å². The summed E-state index contributed by atoms with van der Waals surface area (Å²) < 4.78 is 5.42. The van der Waals surface area contributed by atoms with Crippen molar-refractivity contribution in [2.24, 2.45) is 4.99 Å². The van der Waals surface area contributed by atoms with Crippen molar-refractivity contribution >= 4 is 41.3 Å². The van der Waals surface area contributed by atoms with E-state index in [2.05, 4.69) is 45.0 Å². The van der Waals surface area contributed by atoms with Gasteiger partial charge in [-0.1, -0.05) is 6.07 Å². The van der Waals surface area contributed by atoms with Crippen molar-refractivity contribution in [3.63, 3.8) is 0 Å². The monoisotopic (exact) mass is 460 g/mol. The minimum Gasteiger partial charge on any atom is -0.478 e. The molecular weight excluding hydrogens is 435 g/mol. The molecule has 0 amide bonds. The lowest BCUT2D eigenvalue weighted by molar-refractivity contribution is 0.326. The molecule has 0 radical (unpaired) electrons. The van der Waals surface area contributed by atoms with Gasteiger partial charge < -0.3 is 15.4 Å². The third-order valence-electron chi connectivity index (χ3n) is 3.10. The van der Waals surface area contributed by atoms with Gasteiger partial charge in [0, 0.05) is 30.2 Å². The van der Waals surface area contributed by atoms with E-state index in [0.717, 1.165) is 31.0 Å². The summed E-state index contributed by atoms with van der Waals surface area (Å²) in [6.07, 6.45) is 2.76. The molecule has 0 fully saturated rings. The first-order valence-electron chi connectivity index (χ1n) is 7.94. The maximum Gasteiger partial charge on any atom is 0.213 e. The molecule has 132 valence electrons. The van der Waals surface area contributed by atoms with Crippen LogP contribution in [0.2, 0.25) is 0 Å². The predicted molar refractivity (Wildman–Crippen MR) is 112 cm³/mol. The predicted octanol–water partition coefficient (Wildman–Crippen LogP) is 3.46. The molecule has 0 bridgehead atoms. The number of guanidine groups is 1. The molecule has 2 aromatic heterocycles. The number of nitrogens with one attached hydrogen (secondary N) is 2. The fourth-order valence-electron chi connectivity index (χ4n) is 2.05. The smallest absolute Gasteiger partial charge is 0.213 e. The molecule has 7 heteroatoms. The first-order valence-corrected chi connectivity index (χ1v) is 8.82. The Labute approximate surface area is 165 Å². The molecule has 0 aliphatic heterocycles. The highest BCUT2D eigenvalue weighted by molar-refractivity contribution is 14.0. The molecule has 2 rings (SSSR count). The summed E-state index contributed by atoms with van der Waals surface area (Å²) in [5.74, 6) is 1.48. The highest BCUT2D eigenvalue weighted by Gasteiger charge is 2.00. The Balaban J connectivity index is 0.00000288. The molecule has 2 aromatic rings. The number of thiophene rings is 1. The van der Waals surface area contributed by atoms with Gasteiger partial charge in [-0.3, -0.25) is 0 Å².